The highest BCUT2D eigenvalue weighted by molar-refractivity contribution is 6.25. The summed E-state index contributed by atoms with van der Waals surface area (Å²) in [5.41, 5.74) is 3.56. The summed E-state index contributed by atoms with van der Waals surface area (Å²) in [4.78, 5) is 85.2. The van der Waals surface area contributed by atoms with Crippen LogP contribution in [0.25, 0.3) is 0 Å². The van der Waals surface area contributed by atoms with Gasteiger partial charge < -0.3 is 39.0 Å². The first-order chi connectivity index (χ1) is 38.8. The summed E-state index contributed by atoms with van der Waals surface area (Å²) < 4.78 is 29.2. The Morgan fingerprint density at radius 2 is 1.45 bits per heavy atom. The van der Waals surface area contributed by atoms with Gasteiger partial charge in [0.15, 0.2) is 11.5 Å². The van der Waals surface area contributed by atoms with Crippen molar-refractivity contribution in [3.05, 3.63) is 190 Å². The summed E-state index contributed by atoms with van der Waals surface area (Å²) in [6.45, 7) is 4.58. The first-order valence-corrected chi connectivity index (χ1v) is 26.9. The number of aliphatic hydroxyl groups is 1. The number of rotatable bonds is 15. The van der Waals surface area contributed by atoms with Crippen molar-refractivity contribution in [2.45, 2.75) is 69.0 Å². The lowest BCUT2D eigenvalue weighted by molar-refractivity contribution is -0.179. The number of carbonyl (C=O) groups excluding carboxylic acids is 5. The SMILES string of the molecule is COC(=O)[C@@H](NC(=O)N1C(=O)[C@@]2(c3cc(C#CCN(C)Cc4ccccc4)ccc31)[C@H](c1ccc(OCCO)cc1)N1[C@H](c3ccccc3)[C@H](c3ccccc3)OC(=O)[C@H]1[C@@H]2C(=O)N1CCc2cc(OC)c(OC)cc2C1)C(C)C. The number of ether oxygens (including phenoxy) is 5. The Hall–Kier alpha value is -8.49. The van der Waals surface area contributed by atoms with Gasteiger partial charge in [0.2, 0.25) is 11.8 Å². The highest BCUT2D eigenvalue weighted by Gasteiger charge is 2.76. The van der Waals surface area contributed by atoms with E-state index in [0.29, 0.717) is 53.4 Å². The Morgan fingerprint density at radius 1 is 0.800 bits per heavy atom. The van der Waals surface area contributed by atoms with Gasteiger partial charge in [0.1, 0.15) is 36.0 Å². The molecular formula is C64H65N5O11. The molecule has 412 valence electrons. The van der Waals surface area contributed by atoms with E-state index >= 15 is 19.2 Å². The van der Waals surface area contributed by atoms with Crippen molar-refractivity contribution < 1.29 is 52.8 Å². The van der Waals surface area contributed by atoms with E-state index < -0.39 is 77.3 Å². The molecule has 16 nitrogen and oxygen atoms in total. The number of esters is 2. The molecular weight excluding hydrogens is 1010 g/mol. The number of urea groups is 1. The van der Waals surface area contributed by atoms with Gasteiger partial charge >= 0.3 is 18.0 Å². The summed E-state index contributed by atoms with van der Waals surface area (Å²) in [5.74, 6) is 3.27. The molecule has 2 N–H and O–H groups in total. The maximum Gasteiger partial charge on any atom is 0.329 e. The molecule has 16 heteroatoms. The Bertz CT molecular complexity index is 3330. The lowest BCUT2D eigenvalue weighted by atomic mass is 9.64. The second-order valence-corrected chi connectivity index (χ2v) is 20.9. The molecule has 4 aliphatic rings. The summed E-state index contributed by atoms with van der Waals surface area (Å²) in [6, 6.07) is 39.3. The molecule has 0 saturated carbocycles. The van der Waals surface area contributed by atoms with E-state index in [0.717, 1.165) is 27.2 Å². The number of nitrogens with one attached hydrogen (secondary N) is 1. The van der Waals surface area contributed by atoms with Crippen LogP contribution in [-0.2, 0) is 53.6 Å². The maximum absolute atomic E-state index is 17.1. The number of imide groups is 1. The Balaban J connectivity index is 1.24. The minimum absolute atomic E-state index is 0.0144. The Kier molecular flexibility index (Phi) is 16.1. The van der Waals surface area contributed by atoms with E-state index in [4.69, 9.17) is 23.7 Å². The minimum atomic E-state index is -2.11. The predicted octanol–water partition coefficient (Wildman–Crippen LogP) is 7.72. The topological polar surface area (TPSA) is 177 Å². The molecule has 6 aromatic carbocycles. The van der Waals surface area contributed by atoms with Crippen LogP contribution in [-0.4, -0.2) is 116 Å². The van der Waals surface area contributed by atoms with E-state index in [1.165, 1.54) is 7.11 Å². The molecule has 2 saturated heterocycles. The Labute approximate surface area is 466 Å². The van der Waals surface area contributed by atoms with Crippen LogP contribution in [0, 0.1) is 23.7 Å². The average molecular weight is 1080 g/mol. The minimum Gasteiger partial charge on any atom is -0.493 e. The van der Waals surface area contributed by atoms with Crippen molar-refractivity contribution in [1.29, 1.82) is 0 Å². The van der Waals surface area contributed by atoms with Crippen molar-refractivity contribution in [3.8, 4) is 29.1 Å². The van der Waals surface area contributed by atoms with E-state index in [-0.39, 0.29) is 37.6 Å². The van der Waals surface area contributed by atoms with Crippen LogP contribution in [0.15, 0.2) is 146 Å². The lowest BCUT2D eigenvalue weighted by Crippen LogP contribution is -2.58. The summed E-state index contributed by atoms with van der Waals surface area (Å²) >= 11 is 0. The summed E-state index contributed by atoms with van der Waals surface area (Å²) in [7, 11) is 6.30. The molecule has 7 atom stereocenters. The number of cyclic esters (lactones) is 1. The number of nitrogens with zero attached hydrogens (tertiary/aromatic N) is 4. The third kappa shape index (κ3) is 10.1. The van der Waals surface area contributed by atoms with Crippen LogP contribution < -0.4 is 24.4 Å². The van der Waals surface area contributed by atoms with Gasteiger partial charge in [0.25, 0.3) is 0 Å². The first-order valence-electron chi connectivity index (χ1n) is 26.9. The number of carbonyl (C=O) groups is 5. The van der Waals surface area contributed by atoms with E-state index in [1.807, 2.05) is 115 Å². The Morgan fingerprint density at radius 3 is 2.09 bits per heavy atom. The van der Waals surface area contributed by atoms with Gasteiger partial charge in [0, 0.05) is 25.2 Å². The number of benzene rings is 6. The third-order valence-electron chi connectivity index (χ3n) is 15.8. The fraction of sp³-hybridized carbons (Fsp3) is 0.328. The molecule has 2 fully saturated rings. The molecule has 4 aliphatic heterocycles. The van der Waals surface area contributed by atoms with Gasteiger partial charge in [-0.2, -0.15) is 0 Å². The molecule has 80 heavy (non-hydrogen) atoms. The zero-order valence-electron chi connectivity index (χ0n) is 45.7. The van der Waals surface area contributed by atoms with E-state index in [2.05, 4.69) is 22.1 Å². The van der Waals surface area contributed by atoms with Crippen LogP contribution in [0.1, 0.15) is 76.5 Å². The number of morpholine rings is 1. The van der Waals surface area contributed by atoms with Gasteiger partial charge in [-0.25, -0.2) is 14.5 Å². The number of methoxy groups -OCH3 is 3. The number of amides is 4. The number of aliphatic hydroxyl groups excluding tert-OH is 1. The highest BCUT2D eigenvalue weighted by atomic mass is 16.6. The second-order valence-electron chi connectivity index (χ2n) is 20.9. The monoisotopic (exact) mass is 1080 g/mol. The van der Waals surface area contributed by atoms with Crippen LogP contribution in [0.5, 0.6) is 17.2 Å². The molecule has 6 aromatic rings. The van der Waals surface area contributed by atoms with Crippen molar-refractivity contribution in [2.75, 3.05) is 59.6 Å². The molecule has 4 amide bonds. The van der Waals surface area contributed by atoms with Crippen LogP contribution in [0.4, 0.5) is 10.5 Å². The van der Waals surface area contributed by atoms with E-state index in [1.54, 1.807) is 75.4 Å². The second kappa shape index (κ2) is 23.5. The van der Waals surface area contributed by atoms with E-state index in [9.17, 15) is 9.90 Å². The molecule has 0 aromatic heterocycles. The molecule has 4 heterocycles. The van der Waals surface area contributed by atoms with Crippen molar-refractivity contribution in [2.24, 2.45) is 11.8 Å². The van der Waals surface area contributed by atoms with Crippen LogP contribution >= 0.6 is 0 Å². The lowest BCUT2D eigenvalue weighted by Gasteiger charge is -2.46. The van der Waals surface area contributed by atoms with Gasteiger partial charge in [-0.05, 0) is 101 Å². The quantitative estimate of drug-likeness (QED) is 0.0756. The van der Waals surface area contributed by atoms with Gasteiger partial charge in [-0.15, -0.1) is 0 Å². The van der Waals surface area contributed by atoms with Gasteiger partial charge in [-0.3, -0.25) is 24.2 Å². The zero-order chi connectivity index (χ0) is 56.2. The predicted molar refractivity (Wildman–Crippen MR) is 298 cm³/mol. The van der Waals surface area contributed by atoms with Crippen molar-refractivity contribution in [3.63, 3.8) is 0 Å². The maximum atomic E-state index is 17.1. The number of fused-ring (bicyclic) bond motifs is 4. The highest BCUT2D eigenvalue weighted by Crippen LogP contribution is 2.66. The fourth-order valence-electron chi connectivity index (χ4n) is 12.2. The fourth-order valence-corrected chi connectivity index (χ4v) is 12.2. The molecule has 0 radical (unpaired) electrons. The first kappa shape index (κ1) is 54.8. The van der Waals surface area contributed by atoms with Gasteiger partial charge in [-0.1, -0.05) is 129 Å². The molecule has 10 rings (SSSR count). The smallest absolute Gasteiger partial charge is 0.329 e. The number of anilines is 1. The number of hydrogen-bond acceptors (Lipinski definition) is 13. The molecule has 0 bridgehead atoms. The molecule has 1 spiro atoms. The van der Waals surface area contributed by atoms with Crippen LogP contribution in [0.2, 0.25) is 0 Å². The van der Waals surface area contributed by atoms with Crippen molar-refractivity contribution >= 4 is 35.5 Å². The third-order valence-corrected chi connectivity index (χ3v) is 15.8. The van der Waals surface area contributed by atoms with Crippen LogP contribution in [0.3, 0.4) is 0 Å². The summed E-state index contributed by atoms with van der Waals surface area (Å²) in [6.07, 6.45) is -0.553. The van der Waals surface area contributed by atoms with Crippen molar-refractivity contribution in [1.82, 2.24) is 20.0 Å². The molecule has 0 aliphatic carbocycles. The largest absolute Gasteiger partial charge is 0.493 e. The average Bonchev–Trinajstić information content (AvgIpc) is 1.80. The van der Waals surface area contributed by atoms with Gasteiger partial charge in [0.05, 0.1) is 58.2 Å². The zero-order valence-corrected chi connectivity index (χ0v) is 45.7. The molecule has 0 unspecified atom stereocenters. The number of hydrogen-bond donors (Lipinski definition) is 2. The standard InChI is InChI=1S/C64H65N5O11/c1-40(2)54(60(72)78-6)65-63(75)68-50-29-24-41(19-16-31-66(3)38-42-17-10-7-11-18-42)35-49(50)64(62(68)74)53(59(71)67-32-30-46-36-51(76-4)52(77-5)37-47(46)39-67)56-61(73)80-57(44-22-14-9-15-23-44)55(43-20-12-8-13-21-43)69(56)58(64)45-25-27-48(28-26-45)79-34-33-70/h7-15,17-18,20-29,35-37,40,53-58,70H,30-34,38-39H2,1-6H3,(H,65,75)/t53-,54+,55-,56-,57+,58+,64-/m1/s1. The normalized spacial score (nSPS) is 21.4. The summed E-state index contributed by atoms with van der Waals surface area (Å²) in [5, 5.41) is 12.6.